The van der Waals surface area contributed by atoms with E-state index in [1.807, 2.05) is 15.9 Å². The van der Waals surface area contributed by atoms with Crippen molar-refractivity contribution < 1.29 is 32.5 Å². The number of aryl methyl sites for hydroxylation is 1. The molecule has 2 atom stereocenters. The minimum Gasteiger partial charge on any atom is -0.358 e. The highest BCUT2D eigenvalue weighted by Gasteiger charge is 2.41. The van der Waals surface area contributed by atoms with E-state index in [9.17, 15) is 28.0 Å². The molecule has 0 unspecified atom stereocenters. The summed E-state index contributed by atoms with van der Waals surface area (Å²) < 4.78 is 32.8. The van der Waals surface area contributed by atoms with Crippen LogP contribution in [0.25, 0.3) is 21.8 Å². The number of amides is 8. The number of fused-ring (bicyclic) bond motifs is 2. The van der Waals surface area contributed by atoms with Crippen LogP contribution in [-0.2, 0) is 13.1 Å². The summed E-state index contributed by atoms with van der Waals surface area (Å²) in [5, 5.41) is 16.5. The van der Waals surface area contributed by atoms with Gasteiger partial charge in [0.1, 0.15) is 17.2 Å². The molecule has 58 heavy (non-hydrogen) atoms. The van der Waals surface area contributed by atoms with Gasteiger partial charge in [0.05, 0.1) is 30.2 Å². The molecule has 15 nitrogen and oxygen atoms in total. The van der Waals surface area contributed by atoms with Gasteiger partial charge in [-0.3, -0.25) is 0 Å². The normalized spacial score (nSPS) is 19.3. The van der Waals surface area contributed by atoms with Gasteiger partial charge in [0, 0.05) is 74.3 Å². The summed E-state index contributed by atoms with van der Waals surface area (Å²) in [6.07, 6.45) is 7.43. The van der Waals surface area contributed by atoms with Gasteiger partial charge in [-0.15, -0.1) is 0 Å². The van der Waals surface area contributed by atoms with Crippen molar-refractivity contribution in [3.8, 4) is 0 Å². The van der Waals surface area contributed by atoms with Crippen molar-refractivity contribution in [2.75, 3.05) is 40.3 Å². The van der Waals surface area contributed by atoms with E-state index in [4.69, 9.17) is 16.1 Å². The molecule has 5 N–H and O–H groups in total. The Morgan fingerprint density at radius 3 is 1.91 bits per heavy atom. The van der Waals surface area contributed by atoms with Gasteiger partial charge >= 0.3 is 24.1 Å². The van der Waals surface area contributed by atoms with E-state index in [-0.39, 0.29) is 65.7 Å². The van der Waals surface area contributed by atoms with Crippen molar-refractivity contribution in [2.45, 2.75) is 95.5 Å². The van der Waals surface area contributed by atoms with Crippen LogP contribution in [0, 0.1) is 18.6 Å². The second kappa shape index (κ2) is 17.7. The van der Waals surface area contributed by atoms with E-state index in [0.29, 0.717) is 48.4 Å². The number of aromatic amines is 1. The van der Waals surface area contributed by atoms with E-state index in [1.165, 1.54) is 18.2 Å². The van der Waals surface area contributed by atoms with Crippen LogP contribution in [0.15, 0.2) is 34.9 Å². The maximum Gasteiger partial charge on any atom is 0.318 e. The molecule has 0 radical (unpaired) electrons. The predicted octanol–water partition coefficient (Wildman–Crippen LogP) is 6.19. The lowest BCUT2D eigenvalue weighted by Crippen LogP contribution is -2.56. The highest BCUT2D eigenvalue weighted by molar-refractivity contribution is 6.31. The van der Waals surface area contributed by atoms with Crippen LogP contribution in [0.1, 0.15) is 68.4 Å². The Kier molecular flexibility index (Phi) is 12.4. The van der Waals surface area contributed by atoms with Gasteiger partial charge in [-0.25, -0.2) is 28.0 Å². The number of carbonyl (C=O) groups excluding carboxylic acids is 4. The predicted molar refractivity (Wildman–Crippen MR) is 214 cm³/mol. The van der Waals surface area contributed by atoms with Crippen molar-refractivity contribution in [1.82, 2.24) is 51.0 Å². The molecule has 4 fully saturated rings. The molecule has 2 aliphatic carbocycles. The van der Waals surface area contributed by atoms with Crippen LogP contribution in [-0.4, -0.2) is 118 Å². The molecule has 4 aliphatic rings. The zero-order valence-electron chi connectivity index (χ0n) is 33.0. The van der Waals surface area contributed by atoms with E-state index >= 15 is 0 Å². The number of halogens is 3. The quantitative estimate of drug-likeness (QED) is 0.142. The van der Waals surface area contributed by atoms with E-state index in [1.54, 1.807) is 36.9 Å². The number of carbonyl (C=O) groups is 4. The van der Waals surface area contributed by atoms with E-state index in [2.05, 4.69) is 31.4 Å². The monoisotopic (exact) mass is 824 g/mol. The molecule has 2 aromatic heterocycles. The highest BCUT2D eigenvalue weighted by atomic mass is 35.5. The fourth-order valence-corrected chi connectivity index (χ4v) is 8.22. The Morgan fingerprint density at radius 1 is 0.793 bits per heavy atom. The molecule has 8 rings (SSSR count). The molecule has 8 amide bonds. The Balaban J connectivity index is 0.000000177. The fraction of sp³-hybridized carbons (Fsp3) is 0.525. The Labute approximate surface area is 340 Å². The first-order chi connectivity index (χ1) is 27.9. The first-order valence-corrected chi connectivity index (χ1v) is 20.4. The molecule has 2 aromatic carbocycles. The van der Waals surface area contributed by atoms with Crippen LogP contribution in [0.5, 0.6) is 0 Å². The zero-order chi connectivity index (χ0) is 41.1. The van der Waals surface area contributed by atoms with Gasteiger partial charge in [0.2, 0.25) is 0 Å². The molecular formula is C40H51ClF2N10O5. The van der Waals surface area contributed by atoms with Crippen LogP contribution < -0.4 is 21.3 Å². The van der Waals surface area contributed by atoms with Gasteiger partial charge in [0.15, 0.2) is 5.76 Å². The van der Waals surface area contributed by atoms with Crippen LogP contribution in [0.4, 0.5) is 28.0 Å². The first kappa shape index (κ1) is 40.9. The van der Waals surface area contributed by atoms with Crippen LogP contribution in [0.2, 0.25) is 5.02 Å². The third-order valence-corrected chi connectivity index (χ3v) is 11.6. The van der Waals surface area contributed by atoms with Gasteiger partial charge in [-0.05, 0) is 94.2 Å². The van der Waals surface area contributed by atoms with Crippen molar-refractivity contribution in [3.05, 3.63) is 64.0 Å². The van der Waals surface area contributed by atoms with Crippen LogP contribution >= 0.6 is 11.6 Å². The summed E-state index contributed by atoms with van der Waals surface area (Å²) in [6.45, 7) is 4.67. The number of nitrogens with one attached hydrogen (secondary N) is 5. The summed E-state index contributed by atoms with van der Waals surface area (Å²) in [7, 11) is 3.24. The number of aromatic nitrogens is 2. The molecule has 4 aromatic rings. The van der Waals surface area contributed by atoms with Crippen molar-refractivity contribution in [2.24, 2.45) is 0 Å². The number of hydrogen-bond acceptors (Lipinski definition) is 6. The number of H-pyrrole nitrogens is 1. The lowest BCUT2D eigenvalue weighted by Gasteiger charge is -2.39. The number of urea groups is 4. The number of rotatable bonds is 8. The van der Waals surface area contributed by atoms with Crippen molar-refractivity contribution >= 4 is 57.5 Å². The van der Waals surface area contributed by atoms with Crippen LogP contribution in [0.3, 0.4) is 0 Å². The second-order valence-corrected chi connectivity index (χ2v) is 16.0. The molecule has 2 saturated carbocycles. The standard InChI is InChI=1S/C21H28FN5O2.C19H23ClFN5O3/c1-13-8-14-9-15(25-19(14)10-18(13)22)11-24-21(29)27(16-5-6-16)17-4-3-7-26(12-17)20(28)23-2;1-22-18(27)25-6-2-3-12(10-25)26(11-4-5-11)19(28)23-9-17-13-7-15(21)14(20)8-16(13)24-29-17/h8-10,16-17,25H,3-7,11-12H2,1-2H3,(H,23,28)(H,24,29);7-8,11-12H,2-6,9-10H2,1H3,(H,22,27)(H,23,28)/t17-;12-/m11/s1. The second-order valence-electron chi connectivity index (χ2n) is 15.6. The third-order valence-electron chi connectivity index (χ3n) is 11.3. The third kappa shape index (κ3) is 9.35. The number of likely N-dealkylation sites (tertiary alicyclic amines) is 2. The van der Waals surface area contributed by atoms with Gasteiger partial charge in [-0.2, -0.15) is 0 Å². The minimum absolute atomic E-state index is 0.0285. The summed E-state index contributed by atoms with van der Waals surface area (Å²) in [5.41, 5.74) is 2.60. The average molecular weight is 825 g/mol. The smallest absolute Gasteiger partial charge is 0.318 e. The first-order valence-electron chi connectivity index (χ1n) is 20.0. The Bertz CT molecular complexity index is 2100. The van der Waals surface area contributed by atoms with Crippen molar-refractivity contribution in [3.63, 3.8) is 0 Å². The lowest BCUT2D eigenvalue weighted by molar-refractivity contribution is 0.115. The molecule has 2 aliphatic heterocycles. The van der Waals surface area contributed by atoms with Gasteiger partial charge < -0.3 is 50.4 Å². The summed E-state index contributed by atoms with van der Waals surface area (Å²) in [6, 6.07) is 7.81. The van der Waals surface area contributed by atoms with Gasteiger partial charge in [0.25, 0.3) is 0 Å². The summed E-state index contributed by atoms with van der Waals surface area (Å²) in [5.74, 6) is -0.436. The van der Waals surface area contributed by atoms with E-state index in [0.717, 1.165) is 74.5 Å². The zero-order valence-corrected chi connectivity index (χ0v) is 33.8. The summed E-state index contributed by atoms with van der Waals surface area (Å²) >= 11 is 5.77. The number of piperidine rings is 2. The van der Waals surface area contributed by atoms with Gasteiger partial charge in [-0.1, -0.05) is 16.8 Å². The average Bonchev–Trinajstić information content (AvgIpc) is 4.16. The molecular weight excluding hydrogens is 774 g/mol. The molecule has 312 valence electrons. The van der Waals surface area contributed by atoms with E-state index < -0.39 is 5.82 Å². The number of benzene rings is 2. The Morgan fingerprint density at radius 2 is 1.36 bits per heavy atom. The fourth-order valence-electron chi connectivity index (χ4n) is 8.06. The Hall–Kier alpha value is -5.32. The SMILES string of the molecule is CNC(=O)N1CCC[C@@H](N(C(=O)NCc2cc3cc(C)c(F)cc3[nH]2)C2CC2)C1.CNC(=O)N1CCC[C@@H](N(C(=O)NCc2onc3cc(Cl)c(F)cc23)C2CC2)C1. The highest BCUT2D eigenvalue weighted by Crippen LogP contribution is 2.33. The maximum absolute atomic E-state index is 13.8. The lowest BCUT2D eigenvalue weighted by atomic mass is 10.0. The molecule has 0 bridgehead atoms. The molecule has 4 heterocycles. The maximum atomic E-state index is 13.8. The largest absolute Gasteiger partial charge is 0.358 e. The van der Waals surface area contributed by atoms with Crippen molar-refractivity contribution in [1.29, 1.82) is 0 Å². The topological polar surface area (TPSA) is 171 Å². The number of hydrogen-bond donors (Lipinski definition) is 5. The molecule has 0 spiro atoms. The minimum atomic E-state index is -0.564. The molecule has 18 heteroatoms. The molecule has 2 saturated heterocycles. The summed E-state index contributed by atoms with van der Waals surface area (Å²) in [4.78, 5) is 60.4. The number of nitrogens with zero attached hydrogens (tertiary/aromatic N) is 5.